The van der Waals surface area contributed by atoms with Crippen molar-refractivity contribution in [2.45, 2.75) is 26.1 Å². The summed E-state index contributed by atoms with van der Waals surface area (Å²) < 4.78 is 5.90. The second-order valence-corrected chi connectivity index (χ2v) is 8.28. The predicted octanol–water partition coefficient (Wildman–Crippen LogP) is 3.47. The minimum absolute atomic E-state index is 0.110. The average Bonchev–Trinajstić information content (AvgIpc) is 3.27. The summed E-state index contributed by atoms with van der Waals surface area (Å²) in [5.74, 6) is 1.54. The summed E-state index contributed by atoms with van der Waals surface area (Å²) >= 11 is 0. The molecule has 33 heavy (non-hydrogen) atoms. The van der Waals surface area contributed by atoms with Gasteiger partial charge in [-0.05, 0) is 44.2 Å². The SMILES string of the molecule is CC1CN(c2nc(-c3cccc(NC(=O)c4ccc(N)nc4)c3)nc3cc[nH]c23)CC(C)O1. The van der Waals surface area contributed by atoms with Crippen LogP contribution in [0, 0.1) is 0 Å². The van der Waals surface area contributed by atoms with Crippen molar-refractivity contribution in [2.75, 3.05) is 29.0 Å². The van der Waals surface area contributed by atoms with Gasteiger partial charge >= 0.3 is 0 Å². The summed E-state index contributed by atoms with van der Waals surface area (Å²) in [5.41, 5.74) is 9.22. The van der Waals surface area contributed by atoms with E-state index in [1.165, 1.54) is 6.20 Å². The van der Waals surface area contributed by atoms with Crippen molar-refractivity contribution in [2.24, 2.45) is 0 Å². The lowest BCUT2D eigenvalue weighted by Gasteiger charge is -2.36. The van der Waals surface area contributed by atoms with E-state index >= 15 is 0 Å². The summed E-state index contributed by atoms with van der Waals surface area (Å²) in [4.78, 5) is 31.7. The quantitative estimate of drug-likeness (QED) is 0.441. The molecule has 2 unspecified atom stereocenters. The highest BCUT2D eigenvalue weighted by atomic mass is 16.5. The van der Waals surface area contributed by atoms with Crippen molar-refractivity contribution >= 4 is 34.3 Å². The third-order valence-corrected chi connectivity index (χ3v) is 5.53. The number of nitrogens with two attached hydrogens (primary N) is 1. The Labute approximate surface area is 191 Å². The molecule has 3 aromatic heterocycles. The van der Waals surface area contributed by atoms with Gasteiger partial charge in [0.1, 0.15) is 11.3 Å². The highest BCUT2D eigenvalue weighted by Crippen LogP contribution is 2.29. The lowest BCUT2D eigenvalue weighted by molar-refractivity contribution is -0.00537. The Morgan fingerprint density at radius 2 is 1.97 bits per heavy atom. The number of nitrogens with one attached hydrogen (secondary N) is 2. The van der Waals surface area contributed by atoms with E-state index < -0.39 is 0 Å². The third kappa shape index (κ3) is 4.35. The Morgan fingerprint density at radius 1 is 1.15 bits per heavy atom. The minimum atomic E-state index is -0.265. The normalized spacial score (nSPS) is 18.4. The molecule has 168 valence electrons. The summed E-state index contributed by atoms with van der Waals surface area (Å²) in [6.07, 6.45) is 3.54. The van der Waals surface area contributed by atoms with Gasteiger partial charge in [-0.15, -0.1) is 0 Å². The van der Waals surface area contributed by atoms with Gasteiger partial charge in [0.05, 0.1) is 23.3 Å². The molecule has 1 saturated heterocycles. The fourth-order valence-corrected chi connectivity index (χ4v) is 4.12. The molecule has 1 fully saturated rings. The number of aromatic amines is 1. The van der Waals surface area contributed by atoms with Gasteiger partial charge < -0.3 is 25.7 Å². The third-order valence-electron chi connectivity index (χ3n) is 5.53. The Morgan fingerprint density at radius 3 is 2.73 bits per heavy atom. The van der Waals surface area contributed by atoms with Crippen LogP contribution < -0.4 is 16.0 Å². The second-order valence-electron chi connectivity index (χ2n) is 8.28. The van der Waals surface area contributed by atoms with Crippen LogP contribution in [-0.2, 0) is 4.74 Å². The van der Waals surface area contributed by atoms with Crippen LogP contribution >= 0.6 is 0 Å². The smallest absolute Gasteiger partial charge is 0.257 e. The summed E-state index contributed by atoms with van der Waals surface area (Å²) in [5, 5.41) is 2.90. The molecule has 0 spiro atoms. The number of fused-ring (bicyclic) bond motifs is 1. The van der Waals surface area contributed by atoms with E-state index in [0.29, 0.717) is 22.9 Å². The Hall–Kier alpha value is -3.98. The number of ether oxygens (including phenoxy) is 1. The van der Waals surface area contributed by atoms with Crippen molar-refractivity contribution in [3.63, 3.8) is 0 Å². The maximum Gasteiger partial charge on any atom is 0.257 e. The van der Waals surface area contributed by atoms with E-state index in [1.807, 2.05) is 36.5 Å². The fraction of sp³-hybridized carbons (Fsp3) is 0.250. The number of benzene rings is 1. The highest BCUT2D eigenvalue weighted by molar-refractivity contribution is 6.04. The van der Waals surface area contributed by atoms with Gasteiger partial charge in [-0.25, -0.2) is 15.0 Å². The van der Waals surface area contributed by atoms with Crippen LogP contribution in [0.1, 0.15) is 24.2 Å². The first kappa shape index (κ1) is 20.9. The first-order valence-corrected chi connectivity index (χ1v) is 10.8. The van der Waals surface area contributed by atoms with E-state index in [1.54, 1.807) is 12.1 Å². The van der Waals surface area contributed by atoms with Crippen LogP contribution in [0.15, 0.2) is 54.9 Å². The largest absolute Gasteiger partial charge is 0.384 e. The molecule has 4 heterocycles. The first-order valence-electron chi connectivity index (χ1n) is 10.8. The molecular formula is C24H25N7O2. The molecule has 0 saturated carbocycles. The molecule has 0 aliphatic carbocycles. The van der Waals surface area contributed by atoms with E-state index in [2.05, 4.69) is 34.0 Å². The lowest BCUT2D eigenvalue weighted by Crippen LogP contribution is -2.46. The number of carbonyl (C=O) groups is 1. The highest BCUT2D eigenvalue weighted by Gasteiger charge is 2.26. The molecule has 4 N–H and O–H groups in total. The number of carbonyl (C=O) groups excluding carboxylic acids is 1. The molecule has 9 heteroatoms. The van der Waals surface area contributed by atoms with Crippen LogP contribution in [0.4, 0.5) is 17.3 Å². The lowest BCUT2D eigenvalue weighted by atomic mass is 10.1. The first-order chi connectivity index (χ1) is 16.0. The monoisotopic (exact) mass is 443 g/mol. The van der Waals surface area contributed by atoms with Crippen LogP contribution in [0.2, 0.25) is 0 Å². The topological polar surface area (TPSA) is 122 Å². The number of anilines is 3. The average molecular weight is 444 g/mol. The zero-order chi connectivity index (χ0) is 22.9. The van der Waals surface area contributed by atoms with Crippen molar-refractivity contribution < 1.29 is 9.53 Å². The van der Waals surface area contributed by atoms with Gasteiger partial charge in [0.25, 0.3) is 5.91 Å². The molecule has 1 aliphatic heterocycles. The molecule has 2 atom stereocenters. The van der Waals surface area contributed by atoms with Gasteiger partial charge in [-0.2, -0.15) is 0 Å². The molecule has 9 nitrogen and oxygen atoms in total. The predicted molar refractivity (Wildman–Crippen MR) is 128 cm³/mol. The maximum absolute atomic E-state index is 12.6. The van der Waals surface area contributed by atoms with Gasteiger partial charge in [0.15, 0.2) is 11.6 Å². The van der Waals surface area contributed by atoms with Crippen molar-refractivity contribution in [1.29, 1.82) is 0 Å². The zero-order valence-corrected chi connectivity index (χ0v) is 18.4. The number of morpholine rings is 1. The molecule has 5 rings (SSSR count). The van der Waals surface area contributed by atoms with Crippen molar-refractivity contribution in [3.05, 3.63) is 60.4 Å². The van der Waals surface area contributed by atoms with Crippen LogP contribution in [0.5, 0.6) is 0 Å². The second kappa shape index (κ2) is 8.51. The maximum atomic E-state index is 12.6. The summed E-state index contributed by atoms with van der Waals surface area (Å²) in [7, 11) is 0. The molecule has 1 aliphatic rings. The van der Waals surface area contributed by atoms with E-state index in [9.17, 15) is 4.79 Å². The van der Waals surface area contributed by atoms with E-state index in [-0.39, 0.29) is 18.1 Å². The number of amides is 1. The standard InChI is InChI=1S/C24H25N7O2/c1-14-12-31(13-15(2)33-14)23-21-19(8-9-26-21)29-22(30-23)16-4-3-5-18(10-16)28-24(32)17-6-7-20(25)27-11-17/h3-11,14-15,26H,12-13H2,1-2H3,(H2,25,27)(H,28,32). The van der Waals surface area contributed by atoms with Crippen LogP contribution in [-0.4, -0.2) is 51.1 Å². The summed E-state index contributed by atoms with van der Waals surface area (Å²) in [6, 6.07) is 12.7. The van der Waals surface area contributed by atoms with Crippen molar-refractivity contribution in [3.8, 4) is 11.4 Å². The molecule has 1 amide bonds. The van der Waals surface area contributed by atoms with Gasteiger partial charge in [0, 0.05) is 36.7 Å². The van der Waals surface area contributed by atoms with Crippen LogP contribution in [0.25, 0.3) is 22.4 Å². The number of rotatable bonds is 4. The molecular weight excluding hydrogens is 418 g/mol. The van der Waals surface area contributed by atoms with Crippen LogP contribution in [0.3, 0.4) is 0 Å². The molecule has 0 bridgehead atoms. The Balaban J connectivity index is 1.47. The molecule has 4 aromatic rings. The number of nitrogens with zero attached hydrogens (tertiary/aromatic N) is 4. The fourth-order valence-electron chi connectivity index (χ4n) is 4.12. The molecule has 0 radical (unpaired) electrons. The van der Waals surface area contributed by atoms with Gasteiger partial charge in [-0.1, -0.05) is 12.1 Å². The van der Waals surface area contributed by atoms with E-state index in [0.717, 1.165) is 35.5 Å². The van der Waals surface area contributed by atoms with Gasteiger partial charge in [0.2, 0.25) is 0 Å². The number of aromatic nitrogens is 4. The Bertz CT molecular complexity index is 1290. The number of hydrogen-bond acceptors (Lipinski definition) is 7. The minimum Gasteiger partial charge on any atom is -0.384 e. The molecule has 1 aromatic carbocycles. The number of nitrogen functional groups attached to an aromatic ring is 1. The number of pyridine rings is 1. The Kier molecular flexibility index (Phi) is 5.39. The number of hydrogen-bond donors (Lipinski definition) is 3. The zero-order valence-electron chi connectivity index (χ0n) is 18.4. The van der Waals surface area contributed by atoms with Gasteiger partial charge in [-0.3, -0.25) is 4.79 Å². The number of H-pyrrole nitrogens is 1. The summed E-state index contributed by atoms with van der Waals surface area (Å²) in [6.45, 7) is 5.64. The van der Waals surface area contributed by atoms with E-state index in [4.69, 9.17) is 20.4 Å². The van der Waals surface area contributed by atoms with Crippen molar-refractivity contribution in [1.82, 2.24) is 19.9 Å².